The summed E-state index contributed by atoms with van der Waals surface area (Å²) < 4.78 is 29.8. The molecule has 0 spiro atoms. The second kappa shape index (κ2) is 12.9. The summed E-state index contributed by atoms with van der Waals surface area (Å²) in [5, 5.41) is 0. The molecule has 7 atom stereocenters. The van der Waals surface area contributed by atoms with Gasteiger partial charge in [-0.25, -0.2) is 24.0 Å². The van der Waals surface area contributed by atoms with Gasteiger partial charge in [0.15, 0.2) is 0 Å². The zero-order valence-electron chi connectivity index (χ0n) is 24.6. The molecule has 12 nitrogen and oxygen atoms in total. The first-order valence-corrected chi connectivity index (χ1v) is 13.7. The topological polar surface area (TPSA) is 158 Å². The molecule has 42 heavy (non-hydrogen) atoms. The second-order valence-corrected chi connectivity index (χ2v) is 11.8. The van der Waals surface area contributed by atoms with E-state index in [1.54, 1.807) is 6.92 Å². The lowest BCUT2D eigenvalue weighted by Gasteiger charge is -2.25. The van der Waals surface area contributed by atoms with E-state index in [9.17, 15) is 28.8 Å². The fourth-order valence-corrected chi connectivity index (χ4v) is 5.25. The molecule has 0 N–H and O–H groups in total. The summed E-state index contributed by atoms with van der Waals surface area (Å²) >= 11 is 0. The van der Waals surface area contributed by atoms with Gasteiger partial charge < -0.3 is 28.4 Å². The average Bonchev–Trinajstić information content (AvgIpc) is 3.69. The molecule has 2 aliphatic carbocycles. The van der Waals surface area contributed by atoms with Crippen molar-refractivity contribution in [1.29, 1.82) is 0 Å². The van der Waals surface area contributed by atoms with E-state index < -0.39 is 41.5 Å². The first-order chi connectivity index (χ1) is 19.5. The maximum atomic E-state index is 11.5. The van der Waals surface area contributed by atoms with Gasteiger partial charge in [-0.3, -0.25) is 4.79 Å². The lowest BCUT2D eigenvalue weighted by Crippen LogP contribution is -2.36. The summed E-state index contributed by atoms with van der Waals surface area (Å²) in [7, 11) is 0. The predicted molar refractivity (Wildman–Crippen MR) is 144 cm³/mol. The Morgan fingerprint density at radius 1 is 0.786 bits per heavy atom. The Balaban J connectivity index is 0.000000175. The monoisotopic (exact) mass is 590 g/mol. The van der Waals surface area contributed by atoms with E-state index in [-0.39, 0.29) is 53.7 Å². The Hall–Kier alpha value is -3.96. The van der Waals surface area contributed by atoms with Crippen LogP contribution in [0.3, 0.4) is 0 Å². The van der Waals surface area contributed by atoms with Crippen molar-refractivity contribution in [3.8, 4) is 0 Å². The molecule has 5 rings (SSSR count). The van der Waals surface area contributed by atoms with Gasteiger partial charge in [-0.1, -0.05) is 33.6 Å². The number of fused-ring (bicyclic) bond motifs is 1. The fourth-order valence-electron chi connectivity index (χ4n) is 5.25. The number of esters is 6. The maximum absolute atomic E-state index is 11.5. The van der Waals surface area contributed by atoms with Crippen LogP contribution in [0.4, 0.5) is 0 Å². The van der Waals surface area contributed by atoms with Gasteiger partial charge in [0.25, 0.3) is 0 Å². The maximum Gasteiger partial charge on any atom is 0.348 e. The molecule has 0 aromatic rings. The summed E-state index contributed by atoms with van der Waals surface area (Å²) in [5.74, 6) is -1.89. The number of cyclic esters (lactones) is 2. The third-order valence-electron chi connectivity index (χ3n) is 7.57. The zero-order valence-corrected chi connectivity index (χ0v) is 24.6. The number of carbonyl (C=O) groups excluding carboxylic acids is 6. The highest BCUT2D eigenvalue weighted by atomic mass is 16.6. The van der Waals surface area contributed by atoms with Crippen molar-refractivity contribution >= 4 is 35.8 Å². The van der Waals surface area contributed by atoms with Crippen LogP contribution in [-0.2, 0) is 57.2 Å². The molecule has 0 aromatic heterocycles. The summed E-state index contributed by atoms with van der Waals surface area (Å²) in [5.41, 5.74) is 0.501. The lowest BCUT2D eigenvalue weighted by atomic mass is 9.88. The van der Waals surface area contributed by atoms with E-state index >= 15 is 0 Å². The van der Waals surface area contributed by atoms with Crippen LogP contribution >= 0.6 is 0 Å². The van der Waals surface area contributed by atoms with Crippen LogP contribution < -0.4 is 0 Å². The van der Waals surface area contributed by atoms with Crippen LogP contribution in [-0.4, -0.2) is 73.4 Å². The van der Waals surface area contributed by atoms with Crippen molar-refractivity contribution in [1.82, 2.24) is 0 Å². The van der Waals surface area contributed by atoms with E-state index in [0.29, 0.717) is 24.5 Å². The summed E-state index contributed by atoms with van der Waals surface area (Å²) in [6, 6.07) is 0. The molecule has 0 radical (unpaired) electrons. The van der Waals surface area contributed by atoms with Crippen LogP contribution in [0.15, 0.2) is 36.5 Å². The van der Waals surface area contributed by atoms with Crippen LogP contribution in [0.25, 0.3) is 0 Å². The van der Waals surface area contributed by atoms with E-state index in [1.807, 2.05) is 13.8 Å². The zero-order chi connectivity index (χ0) is 31.5. The van der Waals surface area contributed by atoms with E-state index in [4.69, 9.17) is 23.7 Å². The minimum Gasteiger partial charge on any atom is -0.463 e. The molecule has 2 bridgehead atoms. The van der Waals surface area contributed by atoms with Crippen LogP contribution in [0.1, 0.15) is 53.9 Å². The predicted octanol–water partition coefficient (Wildman–Crippen LogP) is 2.53. The molecule has 12 heteroatoms. The second-order valence-electron chi connectivity index (χ2n) is 11.8. The Labute approximate surface area is 244 Å². The standard InChI is InChI=1S/C12H14O4.C10H14O4.C8H10O4/c1-5(2)11(13)15-9-6-3-7-8(4-6)12(14)16-10(7)9;1-6(2)8(11)14-7-9(12)13-5-10(7,3)4;1-5(2)7(9)12-6-3-4-11-8(6)10/h6-10H,1,3-4H2,2H3;7H,1,5H2,2-4H3;6H,1,3-4H2,2H3. The van der Waals surface area contributed by atoms with Crippen molar-refractivity contribution in [3.05, 3.63) is 36.5 Å². The van der Waals surface area contributed by atoms with Crippen molar-refractivity contribution in [3.63, 3.8) is 0 Å². The van der Waals surface area contributed by atoms with Gasteiger partial charge in [0, 0.05) is 40.4 Å². The molecule has 2 saturated carbocycles. The number of rotatable bonds is 6. The molecule has 3 saturated heterocycles. The van der Waals surface area contributed by atoms with Gasteiger partial charge in [-0.05, 0) is 33.6 Å². The summed E-state index contributed by atoms with van der Waals surface area (Å²) in [6.45, 7) is 19.3. The molecule has 230 valence electrons. The molecule has 5 aliphatic rings. The van der Waals surface area contributed by atoms with Gasteiger partial charge in [-0.15, -0.1) is 0 Å². The number of carbonyl (C=O) groups is 6. The molecule has 3 aliphatic heterocycles. The van der Waals surface area contributed by atoms with Gasteiger partial charge in [0.1, 0.15) is 18.8 Å². The van der Waals surface area contributed by atoms with E-state index in [1.165, 1.54) is 13.8 Å². The van der Waals surface area contributed by atoms with Crippen molar-refractivity contribution in [2.24, 2.45) is 23.2 Å². The summed E-state index contributed by atoms with van der Waals surface area (Å²) in [6.07, 6.45) is 0.235. The molecular weight excluding hydrogens is 552 g/mol. The minimum atomic E-state index is -0.813. The first kappa shape index (κ1) is 32.6. The smallest absolute Gasteiger partial charge is 0.348 e. The quantitative estimate of drug-likeness (QED) is 0.253. The average molecular weight is 591 g/mol. The lowest BCUT2D eigenvalue weighted by molar-refractivity contribution is -0.160. The Kier molecular flexibility index (Phi) is 10.0. The molecule has 3 heterocycles. The SMILES string of the molecule is C=C(C)C(=O)OC1C(=O)OCC1(C)C.C=C(C)C(=O)OC1C2CC3C(=O)OC1C3C2.C=C(C)C(=O)OC1CCOC1=O. The van der Waals surface area contributed by atoms with Gasteiger partial charge >= 0.3 is 35.8 Å². The molecule has 5 fully saturated rings. The Bertz CT molecular complexity index is 1200. The summed E-state index contributed by atoms with van der Waals surface area (Å²) in [4.78, 5) is 67.1. The number of ether oxygens (including phenoxy) is 6. The Morgan fingerprint density at radius 2 is 1.36 bits per heavy atom. The van der Waals surface area contributed by atoms with Crippen molar-refractivity contribution < 1.29 is 57.2 Å². The van der Waals surface area contributed by atoms with E-state index in [2.05, 4.69) is 24.5 Å². The van der Waals surface area contributed by atoms with Crippen LogP contribution in [0, 0.1) is 23.2 Å². The van der Waals surface area contributed by atoms with Gasteiger partial charge in [0.05, 0.1) is 12.5 Å². The van der Waals surface area contributed by atoms with Crippen LogP contribution in [0.2, 0.25) is 0 Å². The highest BCUT2D eigenvalue weighted by Crippen LogP contribution is 2.55. The third kappa shape index (κ3) is 7.27. The fraction of sp³-hybridized carbons (Fsp3) is 0.600. The molecule has 0 amide bonds. The molecule has 0 aromatic carbocycles. The van der Waals surface area contributed by atoms with Crippen molar-refractivity contribution in [2.75, 3.05) is 13.2 Å². The van der Waals surface area contributed by atoms with Crippen LogP contribution in [0.5, 0.6) is 0 Å². The van der Waals surface area contributed by atoms with E-state index in [0.717, 1.165) is 12.8 Å². The normalized spacial score (nSPS) is 30.8. The highest BCUT2D eigenvalue weighted by Gasteiger charge is 2.63. The Morgan fingerprint density at radius 3 is 1.86 bits per heavy atom. The van der Waals surface area contributed by atoms with Gasteiger partial charge in [0.2, 0.25) is 12.2 Å². The number of hydrogen-bond acceptors (Lipinski definition) is 12. The molecule has 7 unspecified atom stereocenters. The molecular formula is C30H38O12. The highest BCUT2D eigenvalue weighted by molar-refractivity contribution is 5.90. The number of hydrogen-bond donors (Lipinski definition) is 0. The first-order valence-electron chi connectivity index (χ1n) is 13.7. The van der Waals surface area contributed by atoms with Gasteiger partial charge in [-0.2, -0.15) is 0 Å². The van der Waals surface area contributed by atoms with Crippen molar-refractivity contribution in [2.45, 2.75) is 78.3 Å². The largest absolute Gasteiger partial charge is 0.463 e. The minimum absolute atomic E-state index is 0.0646. The third-order valence-corrected chi connectivity index (χ3v) is 7.57.